The van der Waals surface area contributed by atoms with Gasteiger partial charge in [-0.15, -0.1) is 0 Å². The molecule has 2 fully saturated rings. The minimum Gasteiger partial charge on any atom is -0.489 e. The first kappa shape index (κ1) is 17.9. The highest BCUT2D eigenvalue weighted by Gasteiger charge is 2.57. The molecular formula is C25H28O3. The molecule has 3 heteroatoms. The molecule has 5 rings (SSSR count). The first-order valence-corrected chi connectivity index (χ1v) is 10.6. The zero-order valence-corrected chi connectivity index (χ0v) is 16.4. The summed E-state index contributed by atoms with van der Waals surface area (Å²) in [4.78, 5) is 12.5. The molecule has 5 atom stereocenters. The van der Waals surface area contributed by atoms with Crippen molar-refractivity contribution >= 4 is 5.78 Å². The monoisotopic (exact) mass is 376 g/mol. The average Bonchev–Trinajstić information content (AvgIpc) is 2.96. The van der Waals surface area contributed by atoms with Gasteiger partial charge >= 0.3 is 0 Å². The standard InChI is InChI=1S/C25H28O3/c1-25-12-11-20-19-10-8-18(28-15-16-5-3-2-4-6-16)13-17(19)7-9-21(20)22(25)14-23(26)24(25)27/h2-6,8,10,13,20-23,26H,7,9,11-12,14-15H2,1H3. The zero-order chi connectivity index (χ0) is 19.3. The summed E-state index contributed by atoms with van der Waals surface area (Å²) >= 11 is 0. The zero-order valence-electron chi connectivity index (χ0n) is 16.4. The van der Waals surface area contributed by atoms with Crippen molar-refractivity contribution < 1.29 is 14.6 Å². The molecule has 0 saturated heterocycles. The van der Waals surface area contributed by atoms with E-state index in [1.807, 2.05) is 18.2 Å². The van der Waals surface area contributed by atoms with Crippen LogP contribution < -0.4 is 4.74 Å². The van der Waals surface area contributed by atoms with Crippen LogP contribution in [0.2, 0.25) is 0 Å². The molecule has 0 amide bonds. The van der Waals surface area contributed by atoms with Crippen LogP contribution >= 0.6 is 0 Å². The lowest BCUT2D eigenvalue weighted by Crippen LogP contribution is -2.42. The van der Waals surface area contributed by atoms with Gasteiger partial charge < -0.3 is 9.84 Å². The molecule has 0 radical (unpaired) electrons. The smallest absolute Gasteiger partial charge is 0.167 e. The Bertz CT molecular complexity index is 890. The molecule has 5 unspecified atom stereocenters. The van der Waals surface area contributed by atoms with Gasteiger partial charge in [0.05, 0.1) is 0 Å². The van der Waals surface area contributed by atoms with E-state index in [-0.39, 0.29) is 11.2 Å². The van der Waals surface area contributed by atoms with E-state index < -0.39 is 6.10 Å². The average molecular weight is 376 g/mol. The lowest BCUT2D eigenvalue weighted by molar-refractivity contribution is -0.134. The molecule has 0 bridgehead atoms. The van der Waals surface area contributed by atoms with Crippen molar-refractivity contribution in [1.82, 2.24) is 0 Å². The predicted octanol–water partition coefficient (Wildman–Crippen LogP) is 4.66. The van der Waals surface area contributed by atoms with Crippen LogP contribution in [0, 0.1) is 17.3 Å². The third-order valence-corrected chi connectivity index (χ3v) is 7.68. The summed E-state index contributed by atoms with van der Waals surface area (Å²) in [5.41, 5.74) is 3.72. The molecule has 28 heavy (non-hydrogen) atoms. The molecule has 146 valence electrons. The van der Waals surface area contributed by atoms with Crippen LogP contribution in [0.15, 0.2) is 48.5 Å². The first-order valence-electron chi connectivity index (χ1n) is 10.6. The number of Topliss-reactive ketones (excluding diaryl/α,β-unsaturated/α-hetero) is 1. The maximum Gasteiger partial charge on any atom is 0.167 e. The Kier molecular flexibility index (Phi) is 4.31. The normalized spacial score (nSPS) is 33.7. The van der Waals surface area contributed by atoms with Gasteiger partial charge in [-0.2, -0.15) is 0 Å². The number of aliphatic hydroxyl groups excluding tert-OH is 1. The highest BCUT2D eigenvalue weighted by Crippen LogP contribution is 2.59. The molecule has 0 aromatic heterocycles. The first-order chi connectivity index (χ1) is 13.6. The minimum atomic E-state index is -0.746. The number of carbonyl (C=O) groups is 1. The molecule has 0 heterocycles. The van der Waals surface area contributed by atoms with E-state index in [0.717, 1.165) is 31.4 Å². The Morgan fingerprint density at radius 1 is 1.14 bits per heavy atom. The van der Waals surface area contributed by atoms with E-state index in [4.69, 9.17) is 4.74 Å². The van der Waals surface area contributed by atoms with Gasteiger partial charge in [-0.1, -0.05) is 43.3 Å². The van der Waals surface area contributed by atoms with Gasteiger partial charge in [0.1, 0.15) is 18.5 Å². The van der Waals surface area contributed by atoms with Crippen LogP contribution in [0.4, 0.5) is 0 Å². The third kappa shape index (κ3) is 2.79. The quantitative estimate of drug-likeness (QED) is 0.847. The van der Waals surface area contributed by atoms with E-state index in [9.17, 15) is 9.90 Å². The molecule has 0 spiro atoms. The topological polar surface area (TPSA) is 46.5 Å². The fourth-order valence-corrected chi connectivity index (χ4v) is 6.18. The number of carbonyl (C=O) groups excluding carboxylic acids is 1. The summed E-state index contributed by atoms with van der Waals surface area (Å²) < 4.78 is 6.03. The minimum absolute atomic E-state index is 0.0893. The molecule has 2 aromatic rings. The second kappa shape index (κ2) is 6.73. The van der Waals surface area contributed by atoms with Crippen molar-refractivity contribution in [2.75, 3.05) is 0 Å². The molecule has 3 aliphatic carbocycles. The van der Waals surface area contributed by atoms with Crippen molar-refractivity contribution in [3.63, 3.8) is 0 Å². The molecule has 0 aliphatic heterocycles. The van der Waals surface area contributed by atoms with Crippen LogP contribution in [0.25, 0.3) is 0 Å². The van der Waals surface area contributed by atoms with Crippen LogP contribution in [0.1, 0.15) is 55.2 Å². The Morgan fingerprint density at radius 3 is 2.79 bits per heavy atom. The van der Waals surface area contributed by atoms with Gasteiger partial charge in [-0.05, 0) is 78.7 Å². The van der Waals surface area contributed by atoms with Gasteiger partial charge in [-0.25, -0.2) is 0 Å². The van der Waals surface area contributed by atoms with Gasteiger partial charge in [0.2, 0.25) is 0 Å². The number of hydrogen-bond acceptors (Lipinski definition) is 3. The fourth-order valence-electron chi connectivity index (χ4n) is 6.18. The number of rotatable bonds is 3. The molecule has 3 aliphatic rings. The molecular weight excluding hydrogens is 348 g/mol. The number of hydrogen-bond donors (Lipinski definition) is 1. The van der Waals surface area contributed by atoms with E-state index >= 15 is 0 Å². The second-order valence-corrected chi connectivity index (χ2v) is 9.12. The Labute approximate surface area is 166 Å². The molecule has 2 aromatic carbocycles. The third-order valence-electron chi connectivity index (χ3n) is 7.68. The molecule has 2 saturated carbocycles. The predicted molar refractivity (Wildman–Crippen MR) is 108 cm³/mol. The van der Waals surface area contributed by atoms with Crippen molar-refractivity contribution in [2.45, 2.75) is 57.7 Å². The lowest BCUT2D eigenvalue weighted by Gasteiger charge is -2.48. The number of aliphatic hydroxyl groups is 1. The summed E-state index contributed by atoms with van der Waals surface area (Å²) in [6, 6.07) is 16.8. The van der Waals surface area contributed by atoms with Crippen molar-refractivity contribution in [3.05, 3.63) is 65.2 Å². The van der Waals surface area contributed by atoms with Crippen molar-refractivity contribution in [1.29, 1.82) is 0 Å². The van der Waals surface area contributed by atoms with Gasteiger partial charge in [0.25, 0.3) is 0 Å². The highest BCUT2D eigenvalue weighted by atomic mass is 16.5. The summed E-state index contributed by atoms with van der Waals surface area (Å²) in [7, 11) is 0. The summed E-state index contributed by atoms with van der Waals surface area (Å²) in [6.45, 7) is 2.69. The second-order valence-electron chi connectivity index (χ2n) is 9.12. The number of fused-ring (bicyclic) bond motifs is 5. The molecule has 1 N–H and O–H groups in total. The Balaban J connectivity index is 1.36. The van der Waals surface area contributed by atoms with Gasteiger partial charge in [0, 0.05) is 5.41 Å². The van der Waals surface area contributed by atoms with E-state index in [1.165, 1.54) is 16.7 Å². The van der Waals surface area contributed by atoms with Gasteiger partial charge in [0.15, 0.2) is 5.78 Å². The van der Waals surface area contributed by atoms with Crippen LogP contribution in [-0.4, -0.2) is 17.0 Å². The van der Waals surface area contributed by atoms with E-state index in [1.54, 1.807) is 0 Å². The van der Waals surface area contributed by atoms with Crippen LogP contribution in [-0.2, 0) is 17.8 Å². The maximum atomic E-state index is 12.5. The number of ketones is 1. The fraction of sp³-hybridized carbons (Fsp3) is 0.480. The Morgan fingerprint density at radius 2 is 1.96 bits per heavy atom. The van der Waals surface area contributed by atoms with Gasteiger partial charge in [-0.3, -0.25) is 4.79 Å². The summed E-state index contributed by atoms with van der Waals surface area (Å²) in [5, 5.41) is 10.2. The maximum absolute atomic E-state index is 12.5. The van der Waals surface area contributed by atoms with Crippen molar-refractivity contribution in [2.24, 2.45) is 17.3 Å². The van der Waals surface area contributed by atoms with E-state index in [0.29, 0.717) is 30.8 Å². The van der Waals surface area contributed by atoms with Crippen LogP contribution in [0.5, 0.6) is 5.75 Å². The molecule has 3 nitrogen and oxygen atoms in total. The Hall–Kier alpha value is -2.13. The summed E-state index contributed by atoms with van der Waals surface area (Å²) in [6.07, 6.45) is 4.01. The van der Waals surface area contributed by atoms with Crippen LogP contribution in [0.3, 0.4) is 0 Å². The lowest BCUT2D eigenvalue weighted by atomic mass is 9.55. The van der Waals surface area contributed by atoms with E-state index in [2.05, 4.69) is 37.3 Å². The summed E-state index contributed by atoms with van der Waals surface area (Å²) in [5.74, 6) is 2.39. The number of benzene rings is 2. The highest BCUT2D eigenvalue weighted by molar-refractivity contribution is 5.91. The number of ether oxygens (including phenoxy) is 1. The SMILES string of the molecule is CC12CCC3c4ccc(OCc5ccccc5)cc4CCC3C1CC(O)C2=O. The number of aryl methyl sites for hydroxylation is 1. The largest absolute Gasteiger partial charge is 0.489 e. The van der Waals surface area contributed by atoms with Crippen molar-refractivity contribution in [3.8, 4) is 5.75 Å².